The molecule has 1 aromatic heterocycles. The van der Waals surface area contributed by atoms with Gasteiger partial charge in [0.1, 0.15) is 0 Å². The van der Waals surface area contributed by atoms with Gasteiger partial charge in [0.05, 0.1) is 13.2 Å². The first-order chi connectivity index (χ1) is 9.86. The second-order valence-electron chi connectivity index (χ2n) is 4.69. The lowest BCUT2D eigenvalue weighted by molar-refractivity contribution is 0.111. The van der Waals surface area contributed by atoms with Gasteiger partial charge in [-0.1, -0.05) is 25.1 Å². The largest absolute Gasteiger partial charge is 0.376 e. The molecule has 3 heteroatoms. The van der Waals surface area contributed by atoms with Crippen LogP contribution in [0.3, 0.4) is 0 Å². The zero-order chi connectivity index (χ0) is 14.2. The highest BCUT2D eigenvalue weighted by atomic mass is 16.5. The van der Waals surface area contributed by atoms with Gasteiger partial charge in [0, 0.05) is 12.4 Å². The number of nitrogens with one attached hydrogen (secondary N) is 1. The SMILES string of the molecule is CCNC.c1cc2c(c(-c3ccncc3)c1)CCOC2. The number of fused-ring (bicyclic) bond motifs is 1. The minimum Gasteiger partial charge on any atom is -0.376 e. The van der Waals surface area contributed by atoms with E-state index in [-0.39, 0.29) is 0 Å². The highest BCUT2D eigenvalue weighted by Gasteiger charge is 2.13. The van der Waals surface area contributed by atoms with Crippen molar-refractivity contribution >= 4 is 0 Å². The highest BCUT2D eigenvalue weighted by molar-refractivity contribution is 5.68. The third-order valence-electron chi connectivity index (χ3n) is 3.37. The van der Waals surface area contributed by atoms with Crippen molar-refractivity contribution in [1.82, 2.24) is 10.3 Å². The molecule has 0 amide bonds. The van der Waals surface area contributed by atoms with E-state index in [1.54, 1.807) is 0 Å². The molecule has 1 aliphatic heterocycles. The zero-order valence-electron chi connectivity index (χ0n) is 12.2. The molecule has 0 unspecified atom stereocenters. The smallest absolute Gasteiger partial charge is 0.0719 e. The molecular formula is C17H22N2O. The first-order valence-electron chi connectivity index (χ1n) is 7.10. The third-order valence-corrected chi connectivity index (χ3v) is 3.37. The van der Waals surface area contributed by atoms with Crippen LogP contribution in [0.15, 0.2) is 42.7 Å². The summed E-state index contributed by atoms with van der Waals surface area (Å²) in [6.45, 7) is 4.71. The van der Waals surface area contributed by atoms with E-state index in [0.29, 0.717) is 0 Å². The van der Waals surface area contributed by atoms with E-state index in [9.17, 15) is 0 Å². The van der Waals surface area contributed by atoms with E-state index in [1.807, 2.05) is 19.4 Å². The van der Waals surface area contributed by atoms with Crippen molar-refractivity contribution < 1.29 is 4.74 Å². The van der Waals surface area contributed by atoms with Crippen LogP contribution in [0.4, 0.5) is 0 Å². The van der Waals surface area contributed by atoms with Crippen LogP contribution in [0.1, 0.15) is 18.1 Å². The predicted molar refractivity (Wildman–Crippen MR) is 82.6 cm³/mol. The lowest BCUT2D eigenvalue weighted by Gasteiger charge is -2.19. The van der Waals surface area contributed by atoms with E-state index in [4.69, 9.17) is 4.74 Å². The number of nitrogens with zero attached hydrogens (tertiary/aromatic N) is 1. The molecule has 3 nitrogen and oxygen atoms in total. The number of aromatic nitrogens is 1. The Labute approximate surface area is 121 Å². The number of ether oxygens (including phenoxy) is 1. The average molecular weight is 270 g/mol. The first-order valence-corrected chi connectivity index (χ1v) is 7.10. The predicted octanol–water partition coefficient (Wildman–Crippen LogP) is 3.05. The van der Waals surface area contributed by atoms with Crippen molar-refractivity contribution in [3.63, 3.8) is 0 Å². The van der Waals surface area contributed by atoms with E-state index >= 15 is 0 Å². The van der Waals surface area contributed by atoms with Gasteiger partial charge in [0.2, 0.25) is 0 Å². The Balaban J connectivity index is 0.000000328. The lowest BCUT2D eigenvalue weighted by atomic mass is 9.93. The Morgan fingerprint density at radius 1 is 1.20 bits per heavy atom. The molecule has 0 saturated heterocycles. The van der Waals surface area contributed by atoms with Crippen LogP contribution >= 0.6 is 0 Å². The monoisotopic (exact) mass is 270 g/mol. The molecule has 2 aromatic rings. The molecule has 106 valence electrons. The number of pyridine rings is 1. The summed E-state index contributed by atoms with van der Waals surface area (Å²) in [7, 11) is 1.93. The molecular weight excluding hydrogens is 248 g/mol. The van der Waals surface area contributed by atoms with Gasteiger partial charge in [-0.2, -0.15) is 0 Å². The fraction of sp³-hybridized carbons (Fsp3) is 0.353. The molecule has 20 heavy (non-hydrogen) atoms. The summed E-state index contributed by atoms with van der Waals surface area (Å²) in [5.41, 5.74) is 5.32. The van der Waals surface area contributed by atoms with Gasteiger partial charge >= 0.3 is 0 Å². The van der Waals surface area contributed by atoms with Gasteiger partial charge in [-0.15, -0.1) is 0 Å². The number of benzene rings is 1. The summed E-state index contributed by atoms with van der Waals surface area (Å²) in [5.74, 6) is 0. The zero-order valence-corrected chi connectivity index (χ0v) is 12.2. The minimum absolute atomic E-state index is 0.744. The summed E-state index contributed by atoms with van der Waals surface area (Å²) < 4.78 is 5.47. The fourth-order valence-electron chi connectivity index (χ4n) is 2.22. The summed E-state index contributed by atoms with van der Waals surface area (Å²) >= 11 is 0. The second-order valence-corrected chi connectivity index (χ2v) is 4.69. The molecule has 0 radical (unpaired) electrons. The first kappa shape index (κ1) is 14.7. The van der Waals surface area contributed by atoms with Crippen molar-refractivity contribution in [3.8, 4) is 11.1 Å². The van der Waals surface area contributed by atoms with E-state index in [1.165, 1.54) is 22.3 Å². The van der Waals surface area contributed by atoms with Gasteiger partial charge < -0.3 is 10.1 Å². The van der Waals surface area contributed by atoms with Gasteiger partial charge in [-0.3, -0.25) is 4.98 Å². The summed E-state index contributed by atoms with van der Waals surface area (Å²) in [4.78, 5) is 4.06. The maximum Gasteiger partial charge on any atom is 0.0719 e. The third kappa shape index (κ3) is 3.65. The molecule has 1 aromatic carbocycles. The average Bonchev–Trinajstić information content (AvgIpc) is 2.55. The maximum atomic E-state index is 5.47. The molecule has 0 spiro atoms. The molecule has 2 heterocycles. The van der Waals surface area contributed by atoms with E-state index in [2.05, 4.69) is 47.6 Å². The van der Waals surface area contributed by atoms with Crippen LogP contribution < -0.4 is 5.32 Å². The van der Waals surface area contributed by atoms with Crippen molar-refractivity contribution in [2.24, 2.45) is 0 Å². The topological polar surface area (TPSA) is 34.2 Å². The van der Waals surface area contributed by atoms with Crippen LogP contribution in [-0.4, -0.2) is 25.2 Å². The summed E-state index contributed by atoms with van der Waals surface area (Å²) in [6, 6.07) is 10.6. The Hall–Kier alpha value is -1.71. The van der Waals surface area contributed by atoms with E-state index < -0.39 is 0 Å². The van der Waals surface area contributed by atoms with Gasteiger partial charge in [0.25, 0.3) is 0 Å². The lowest BCUT2D eigenvalue weighted by Crippen LogP contribution is -2.10. The molecule has 0 atom stereocenters. The molecule has 0 aliphatic carbocycles. The second kappa shape index (κ2) is 7.78. The van der Waals surface area contributed by atoms with Crippen molar-refractivity contribution in [1.29, 1.82) is 0 Å². The Bertz CT molecular complexity index is 524. The number of hydrogen-bond donors (Lipinski definition) is 1. The van der Waals surface area contributed by atoms with Gasteiger partial charge in [0.15, 0.2) is 0 Å². The standard InChI is InChI=1S/C14H13NO.C3H9N/c1-2-12-10-16-9-6-14(12)13(3-1)11-4-7-15-8-5-11;1-3-4-2/h1-5,7-8H,6,9-10H2;4H,3H2,1-2H3. The number of hydrogen-bond acceptors (Lipinski definition) is 3. The van der Waals surface area contributed by atoms with Crippen LogP contribution in [0, 0.1) is 0 Å². The van der Waals surface area contributed by atoms with Crippen molar-refractivity contribution in [2.75, 3.05) is 20.2 Å². The summed E-state index contributed by atoms with van der Waals surface area (Å²) in [6.07, 6.45) is 4.69. The van der Waals surface area contributed by atoms with Gasteiger partial charge in [-0.05, 0) is 54.4 Å². The van der Waals surface area contributed by atoms with Crippen molar-refractivity contribution in [2.45, 2.75) is 20.0 Å². The van der Waals surface area contributed by atoms with Gasteiger partial charge in [-0.25, -0.2) is 0 Å². The molecule has 1 aliphatic rings. The van der Waals surface area contributed by atoms with Crippen LogP contribution in [0.25, 0.3) is 11.1 Å². The molecule has 1 N–H and O–H groups in total. The number of rotatable bonds is 2. The van der Waals surface area contributed by atoms with E-state index in [0.717, 1.165) is 26.2 Å². The van der Waals surface area contributed by atoms with Crippen molar-refractivity contribution in [3.05, 3.63) is 53.9 Å². The summed E-state index contributed by atoms with van der Waals surface area (Å²) in [5, 5.41) is 2.93. The molecule has 3 rings (SSSR count). The minimum atomic E-state index is 0.744. The quantitative estimate of drug-likeness (QED) is 0.910. The normalized spacial score (nSPS) is 13.1. The van der Waals surface area contributed by atoms with Crippen LogP contribution in [0.5, 0.6) is 0 Å². The Morgan fingerprint density at radius 3 is 2.65 bits per heavy atom. The fourth-order valence-corrected chi connectivity index (χ4v) is 2.22. The molecule has 0 bridgehead atoms. The van der Waals surface area contributed by atoms with Crippen LogP contribution in [-0.2, 0) is 17.8 Å². The Morgan fingerprint density at radius 2 is 1.95 bits per heavy atom. The molecule has 0 fully saturated rings. The Kier molecular flexibility index (Phi) is 5.71. The maximum absolute atomic E-state index is 5.47. The van der Waals surface area contributed by atoms with Crippen LogP contribution in [0.2, 0.25) is 0 Å². The highest BCUT2D eigenvalue weighted by Crippen LogP contribution is 2.28. The molecule has 0 saturated carbocycles.